The van der Waals surface area contributed by atoms with Crippen LogP contribution in [0.2, 0.25) is 0 Å². The minimum Gasteiger partial charge on any atom is -0.479 e. The molecule has 0 radical (unpaired) electrons. The molecule has 146 valence electrons. The number of benzene rings is 2. The van der Waals surface area contributed by atoms with Gasteiger partial charge in [0.2, 0.25) is 5.43 Å². The minimum absolute atomic E-state index is 0.00996. The monoisotopic (exact) mass is 392 g/mol. The number of halogens is 3. The van der Waals surface area contributed by atoms with Gasteiger partial charge in [0, 0.05) is 6.07 Å². The second-order valence-corrected chi connectivity index (χ2v) is 6.04. The van der Waals surface area contributed by atoms with Crippen LogP contribution in [-0.4, -0.2) is 17.2 Å². The number of carboxylic acid groups (broad SMARTS) is 1. The smallest absolute Gasteiger partial charge is 0.417 e. The Labute approximate surface area is 157 Å². The van der Waals surface area contributed by atoms with Crippen molar-refractivity contribution in [1.82, 2.24) is 0 Å². The van der Waals surface area contributed by atoms with Crippen LogP contribution in [0.15, 0.2) is 57.9 Å². The molecule has 1 N–H and O–H groups in total. The van der Waals surface area contributed by atoms with E-state index in [1.54, 1.807) is 30.3 Å². The molecular formula is C20H15F3O5. The number of rotatable bonds is 5. The fraction of sp³-hybridized carbons (Fsp3) is 0.200. The van der Waals surface area contributed by atoms with Gasteiger partial charge in [0.15, 0.2) is 6.10 Å². The third-order valence-electron chi connectivity index (χ3n) is 4.17. The largest absolute Gasteiger partial charge is 0.479 e. The van der Waals surface area contributed by atoms with Gasteiger partial charge in [-0.05, 0) is 18.1 Å². The standard InChI is InChI=1S/C20H15F3O5/c1-2-15(19(25)26)28-12-8-14(20(21,22)23)17-16(9-12)27-10-13(18(17)24)11-6-4-3-5-7-11/h3-10,15H,2H2,1H3,(H,25,26). The molecule has 0 aliphatic rings. The van der Waals surface area contributed by atoms with Crippen molar-refractivity contribution in [1.29, 1.82) is 0 Å². The molecule has 0 saturated heterocycles. The highest BCUT2D eigenvalue weighted by Crippen LogP contribution is 2.37. The lowest BCUT2D eigenvalue weighted by Gasteiger charge is -2.16. The van der Waals surface area contributed by atoms with Crippen molar-refractivity contribution in [2.45, 2.75) is 25.6 Å². The fourth-order valence-corrected chi connectivity index (χ4v) is 2.81. The number of carbonyl (C=O) groups is 1. The summed E-state index contributed by atoms with van der Waals surface area (Å²) in [6.45, 7) is 1.52. The Kier molecular flexibility index (Phi) is 5.13. The first kappa shape index (κ1) is 19.5. The Morgan fingerprint density at radius 1 is 1.21 bits per heavy atom. The Balaban J connectivity index is 2.24. The molecule has 0 saturated carbocycles. The molecular weight excluding hydrogens is 377 g/mol. The molecule has 0 spiro atoms. The molecule has 8 heteroatoms. The zero-order chi connectivity index (χ0) is 20.5. The van der Waals surface area contributed by atoms with Crippen molar-refractivity contribution in [3.63, 3.8) is 0 Å². The average Bonchev–Trinajstić information content (AvgIpc) is 2.65. The first-order valence-corrected chi connectivity index (χ1v) is 8.34. The Morgan fingerprint density at radius 3 is 2.46 bits per heavy atom. The van der Waals surface area contributed by atoms with Gasteiger partial charge >= 0.3 is 12.1 Å². The van der Waals surface area contributed by atoms with Gasteiger partial charge < -0.3 is 14.3 Å². The van der Waals surface area contributed by atoms with Gasteiger partial charge in [-0.1, -0.05) is 37.3 Å². The molecule has 28 heavy (non-hydrogen) atoms. The summed E-state index contributed by atoms with van der Waals surface area (Å²) >= 11 is 0. The van der Waals surface area contributed by atoms with Crippen LogP contribution in [0, 0.1) is 0 Å². The highest BCUT2D eigenvalue weighted by Gasteiger charge is 2.36. The molecule has 0 aliphatic carbocycles. The maximum absolute atomic E-state index is 13.6. The van der Waals surface area contributed by atoms with Crippen LogP contribution >= 0.6 is 0 Å². The molecule has 1 heterocycles. The molecule has 5 nitrogen and oxygen atoms in total. The summed E-state index contributed by atoms with van der Waals surface area (Å²) in [4.78, 5) is 23.9. The van der Waals surface area contributed by atoms with Crippen molar-refractivity contribution in [3.8, 4) is 16.9 Å². The van der Waals surface area contributed by atoms with E-state index in [4.69, 9.17) is 14.3 Å². The fourth-order valence-electron chi connectivity index (χ4n) is 2.81. The molecule has 1 unspecified atom stereocenters. The zero-order valence-corrected chi connectivity index (χ0v) is 14.6. The van der Waals surface area contributed by atoms with Crippen molar-refractivity contribution in [2.24, 2.45) is 0 Å². The van der Waals surface area contributed by atoms with Gasteiger partial charge in [0.1, 0.15) is 17.6 Å². The van der Waals surface area contributed by atoms with E-state index in [-0.39, 0.29) is 23.3 Å². The van der Waals surface area contributed by atoms with Gasteiger partial charge in [-0.15, -0.1) is 0 Å². The van der Waals surface area contributed by atoms with Crippen molar-refractivity contribution < 1.29 is 32.2 Å². The van der Waals surface area contributed by atoms with Crippen LogP contribution in [0.1, 0.15) is 18.9 Å². The first-order valence-electron chi connectivity index (χ1n) is 8.34. The van der Waals surface area contributed by atoms with Crippen LogP contribution < -0.4 is 10.2 Å². The summed E-state index contributed by atoms with van der Waals surface area (Å²) in [6.07, 6.45) is -5.06. The van der Waals surface area contributed by atoms with E-state index in [0.717, 1.165) is 12.3 Å². The Hall–Kier alpha value is -3.29. The third kappa shape index (κ3) is 3.71. The van der Waals surface area contributed by atoms with Crippen molar-refractivity contribution >= 4 is 16.9 Å². The topological polar surface area (TPSA) is 76.7 Å². The van der Waals surface area contributed by atoms with Gasteiger partial charge in [0.05, 0.1) is 16.5 Å². The van der Waals surface area contributed by atoms with Crippen LogP contribution in [0.25, 0.3) is 22.1 Å². The zero-order valence-electron chi connectivity index (χ0n) is 14.6. The lowest BCUT2D eigenvalue weighted by atomic mass is 10.0. The number of aliphatic carboxylic acids is 1. The second-order valence-electron chi connectivity index (χ2n) is 6.04. The van der Waals surface area contributed by atoms with Crippen LogP contribution in [0.3, 0.4) is 0 Å². The van der Waals surface area contributed by atoms with E-state index in [1.807, 2.05) is 0 Å². The molecule has 3 aromatic rings. The number of hydrogen-bond donors (Lipinski definition) is 1. The average molecular weight is 392 g/mol. The maximum atomic E-state index is 13.6. The SMILES string of the molecule is CCC(Oc1cc(C(F)(F)F)c2c(=O)c(-c3ccccc3)coc2c1)C(=O)O. The van der Waals surface area contributed by atoms with Gasteiger partial charge in [0.25, 0.3) is 0 Å². The van der Waals surface area contributed by atoms with E-state index in [2.05, 4.69) is 0 Å². The highest BCUT2D eigenvalue weighted by molar-refractivity contribution is 5.86. The van der Waals surface area contributed by atoms with Gasteiger partial charge in [-0.3, -0.25) is 4.79 Å². The number of ether oxygens (including phenoxy) is 1. The predicted molar refractivity (Wildman–Crippen MR) is 95.3 cm³/mol. The molecule has 0 bridgehead atoms. The lowest BCUT2D eigenvalue weighted by Crippen LogP contribution is -2.26. The molecule has 3 rings (SSSR count). The van der Waals surface area contributed by atoms with E-state index < -0.39 is 34.6 Å². The highest BCUT2D eigenvalue weighted by atomic mass is 19.4. The van der Waals surface area contributed by atoms with E-state index in [1.165, 1.54) is 6.92 Å². The molecule has 1 aromatic heterocycles. The third-order valence-corrected chi connectivity index (χ3v) is 4.17. The Bertz CT molecular complexity index is 1070. The number of hydrogen-bond acceptors (Lipinski definition) is 4. The van der Waals surface area contributed by atoms with Crippen molar-refractivity contribution in [2.75, 3.05) is 0 Å². The summed E-state index contributed by atoms with van der Waals surface area (Å²) in [7, 11) is 0. The number of carboxylic acids is 1. The van der Waals surface area contributed by atoms with E-state index >= 15 is 0 Å². The molecule has 2 aromatic carbocycles. The maximum Gasteiger partial charge on any atom is 0.417 e. The predicted octanol–water partition coefficient (Wildman–Crippen LogP) is 4.72. The summed E-state index contributed by atoms with van der Waals surface area (Å²) < 4.78 is 51.4. The van der Waals surface area contributed by atoms with E-state index in [0.29, 0.717) is 11.6 Å². The molecule has 0 fully saturated rings. The summed E-state index contributed by atoms with van der Waals surface area (Å²) in [6, 6.07) is 9.90. The summed E-state index contributed by atoms with van der Waals surface area (Å²) in [5.41, 5.74) is -2.01. The lowest BCUT2D eigenvalue weighted by molar-refractivity contribution is -0.145. The number of fused-ring (bicyclic) bond motifs is 1. The normalized spacial score (nSPS) is 12.7. The van der Waals surface area contributed by atoms with E-state index in [9.17, 15) is 22.8 Å². The van der Waals surface area contributed by atoms with Crippen molar-refractivity contribution in [3.05, 3.63) is 64.5 Å². The molecule has 0 aliphatic heterocycles. The van der Waals surface area contributed by atoms with Crippen LogP contribution in [0.5, 0.6) is 5.75 Å². The van der Waals surface area contributed by atoms with Gasteiger partial charge in [-0.25, -0.2) is 4.79 Å². The van der Waals surface area contributed by atoms with Crippen LogP contribution in [-0.2, 0) is 11.0 Å². The summed E-state index contributed by atoms with van der Waals surface area (Å²) in [5.74, 6) is -1.65. The molecule has 0 amide bonds. The molecule has 1 atom stereocenters. The quantitative estimate of drug-likeness (QED) is 0.680. The van der Waals surface area contributed by atoms with Crippen LogP contribution in [0.4, 0.5) is 13.2 Å². The summed E-state index contributed by atoms with van der Waals surface area (Å²) in [5, 5.41) is 8.43. The Morgan fingerprint density at radius 2 is 1.89 bits per heavy atom. The van der Waals surface area contributed by atoms with Gasteiger partial charge in [-0.2, -0.15) is 13.2 Å². The second kappa shape index (κ2) is 7.38. The first-order chi connectivity index (χ1) is 13.2. The minimum atomic E-state index is -4.87. The number of alkyl halides is 3.